The maximum absolute atomic E-state index is 13.9. The minimum Gasteiger partial charge on any atom is -0.368 e. The van der Waals surface area contributed by atoms with Crippen molar-refractivity contribution in [3.63, 3.8) is 0 Å². The van der Waals surface area contributed by atoms with Crippen molar-refractivity contribution in [2.75, 3.05) is 13.1 Å². The number of unbranched alkanes of at least 4 members (excludes halogenated alkanes) is 1. The second kappa shape index (κ2) is 13.6. The first kappa shape index (κ1) is 29.5. The summed E-state index contributed by atoms with van der Waals surface area (Å²) in [6.07, 6.45) is 4.60. The number of likely N-dealkylation sites (tertiary alicyclic amines) is 2. The molecule has 2 fully saturated rings. The molecule has 0 aliphatic carbocycles. The number of hydrogen-bond acceptors (Lipinski definition) is 5. The predicted molar refractivity (Wildman–Crippen MR) is 136 cm³/mol. The first-order chi connectivity index (χ1) is 17.0. The Balaban J connectivity index is 2.21. The molecule has 0 bridgehead atoms. The Labute approximate surface area is 215 Å². The standard InChI is InChI=1S/C25H41BN6O4/c1-16(2)26(15-27)11-7-6-9-21(32-18(5)13-19(24(32)35)30-17(3)4)25(36)31-12-8-10-20(31)23(34)29-14-22(28)33/h16,18-21,30H,3,6-14H2,1-2,4-5H3,(H2,28,33)(H,29,34)/p+2. The first-order valence-corrected chi connectivity index (χ1v) is 13.1. The molecular formula is C25H43BN6O4+2. The largest absolute Gasteiger partial charge is 0.371 e. The van der Waals surface area contributed by atoms with Gasteiger partial charge in [0.2, 0.25) is 17.9 Å². The summed E-state index contributed by atoms with van der Waals surface area (Å²) in [5.41, 5.74) is 5.98. The fourth-order valence-corrected chi connectivity index (χ4v) is 5.54. The lowest BCUT2D eigenvalue weighted by molar-refractivity contribution is -0.856. The number of carbonyl (C=O) groups excluding carboxylic acids is 4. The summed E-state index contributed by atoms with van der Waals surface area (Å²) in [6.45, 7) is 11.9. The van der Waals surface area contributed by atoms with E-state index in [1.165, 1.54) is 0 Å². The van der Waals surface area contributed by atoms with Crippen LogP contribution in [-0.4, -0.2) is 72.5 Å². The van der Waals surface area contributed by atoms with Gasteiger partial charge in [-0.3, -0.25) is 19.3 Å². The van der Waals surface area contributed by atoms with Crippen LogP contribution in [0.25, 0.3) is 0 Å². The first-order valence-electron chi connectivity index (χ1n) is 13.1. The minimum atomic E-state index is -0.673. The van der Waals surface area contributed by atoms with Crippen LogP contribution in [0.2, 0.25) is 12.1 Å². The van der Waals surface area contributed by atoms with Crippen LogP contribution in [0.4, 0.5) is 0 Å². The Bertz CT molecular complexity index is 888. The smallest absolute Gasteiger partial charge is 0.368 e. The number of nitrogens with zero attached hydrogens (tertiary/aromatic N) is 2. The van der Waals surface area contributed by atoms with Crippen molar-refractivity contribution < 1.29 is 29.4 Å². The van der Waals surface area contributed by atoms with Crippen LogP contribution >= 0.6 is 0 Å². The van der Waals surface area contributed by atoms with Crippen LogP contribution in [0.5, 0.6) is 0 Å². The zero-order valence-electron chi connectivity index (χ0n) is 22.2. The highest BCUT2D eigenvalue weighted by molar-refractivity contribution is 6.68. The molecule has 0 radical (unpaired) electrons. The van der Waals surface area contributed by atoms with Crippen molar-refractivity contribution in [1.82, 2.24) is 10.2 Å². The Morgan fingerprint density at radius 2 is 2.06 bits per heavy atom. The lowest BCUT2D eigenvalue weighted by Gasteiger charge is -2.31. The van der Waals surface area contributed by atoms with Crippen molar-refractivity contribution >= 4 is 30.3 Å². The van der Waals surface area contributed by atoms with Crippen LogP contribution in [0, 0.1) is 11.2 Å². The number of hydrogen-bond donors (Lipinski definition) is 4. The van der Waals surface area contributed by atoms with Gasteiger partial charge < -0.3 is 21.3 Å². The van der Waals surface area contributed by atoms with Crippen molar-refractivity contribution in [1.29, 1.82) is 5.26 Å². The molecule has 2 aliphatic heterocycles. The maximum atomic E-state index is 13.9. The zero-order chi connectivity index (χ0) is 27.0. The number of allylic oxidation sites excluding steroid dienone is 1. The number of amides is 4. The van der Waals surface area contributed by atoms with E-state index in [-0.39, 0.29) is 43.0 Å². The summed E-state index contributed by atoms with van der Waals surface area (Å²) in [5, 5.41) is 13.8. The van der Waals surface area contributed by atoms with Crippen molar-refractivity contribution in [3.05, 3.63) is 12.3 Å². The summed E-state index contributed by atoms with van der Waals surface area (Å²) in [6, 6.07) is -1.59. The normalized spacial score (nSPS) is 24.4. The molecule has 2 heterocycles. The van der Waals surface area contributed by atoms with Gasteiger partial charge in [0, 0.05) is 25.9 Å². The van der Waals surface area contributed by atoms with Crippen molar-refractivity contribution in [3.8, 4) is 5.97 Å². The highest BCUT2D eigenvalue weighted by Gasteiger charge is 2.52. The van der Waals surface area contributed by atoms with Gasteiger partial charge in [-0.1, -0.05) is 32.4 Å². The molecule has 4 amide bonds. The third-order valence-electron chi connectivity index (χ3n) is 7.42. The Hall–Kier alpha value is -2.71. The molecule has 11 heteroatoms. The molecule has 0 aromatic rings. The molecule has 2 aliphatic rings. The van der Waals surface area contributed by atoms with E-state index >= 15 is 0 Å². The molecule has 0 aromatic carbocycles. The van der Waals surface area contributed by atoms with Crippen molar-refractivity contribution in [2.45, 2.75) is 103 Å². The van der Waals surface area contributed by atoms with Crippen LogP contribution < -0.4 is 21.3 Å². The van der Waals surface area contributed by atoms with Gasteiger partial charge >= 0.3 is 5.91 Å². The van der Waals surface area contributed by atoms with Gasteiger partial charge in [0.1, 0.15) is 6.04 Å². The highest BCUT2D eigenvalue weighted by atomic mass is 16.2. The quantitative estimate of drug-likeness (QED) is 0.183. The van der Waals surface area contributed by atoms with E-state index in [1.54, 1.807) is 4.90 Å². The SMILES string of the molecule is C=C(C)[NH2+]C1CC(C)[NH+](C(CCCCB(C#N)C(C)C)C(=O)N2CCCC2C(=O)NCC(N)=O)C1=O. The van der Waals surface area contributed by atoms with Gasteiger partial charge in [-0.2, -0.15) is 0 Å². The summed E-state index contributed by atoms with van der Waals surface area (Å²) in [5.74, 6) is 1.39. The van der Waals surface area contributed by atoms with Gasteiger partial charge in [-0.25, -0.2) is 10.1 Å². The number of nitrogens with two attached hydrogens (primary N) is 2. The molecule has 5 atom stereocenters. The van der Waals surface area contributed by atoms with E-state index in [0.717, 1.165) is 18.4 Å². The molecule has 198 valence electrons. The Morgan fingerprint density at radius 3 is 2.64 bits per heavy atom. The molecule has 0 saturated carbocycles. The molecule has 0 aromatic heterocycles. The van der Waals surface area contributed by atoms with Gasteiger partial charge in [-0.15, -0.1) is 0 Å². The zero-order valence-corrected chi connectivity index (χ0v) is 22.2. The molecular weight excluding hydrogens is 459 g/mol. The summed E-state index contributed by atoms with van der Waals surface area (Å²) < 4.78 is 0. The number of nitriles is 1. The molecule has 0 spiro atoms. The lowest BCUT2D eigenvalue weighted by atomic mass is 9.41. The Kier molecular flexibility index (Phi) is 11.1. The number of quaternary nitrogens is 2. The fraction of sp³-hybridized carbons (Fsp3) is 0.720. The van der Waals surface area contributed by atoms with Crippen LogP contribution in [-0.2, 0) is 19.2 Å². The second-order valence-corrected chi connectivity index (χ2v) is 10.8. The Morgan fingerprint density at radius 1 is 1.36 bits per heavy atom. The molecule has 10 nitrogen and oxygen atoms in total. The topological polar surface area (TPSA) is 154 Å². The van der Waals surface area contributed by atoms with Crippen LogP contribution in [0.15, 0.2) is 12.3 Å². The molecule has 6 N–H and O–H groups in total. The van der Waals surface area contributed by atoms with Gasteiger partial charge in [-0.05, 0) is 32.8 Å². The van der Waals surface area contributed by atoms with E-state index in [0.29, 0.717) is 43.5 Å². The van der Waals surface area contributed by atoms with Crippen LogP contribution in [0.1, 0.15) is 66.2 Å². The highest BCUT2D eigenvalue weighted by Crippen LogP contribution is 2.21. The molecule has 5 unspecified atom stereocenters. The molecule has 36 heavy (non-hydrogen) atoms. The average Bonchev–Trinajstić information content (AvgIpc) is 3.39. The van der Waals surface area contributed by atoms with Crippen LogP contribution in [0.3, 0.4) is 0 Å². The van der Waals surface area contributed by atoms with E-state index in [9.17, 15) is 24.4 Å². The summed E-state index contributed by atoms with van der Waals surface area (Å²) >= 11 is 0. The number of primary amides is 1. The molecule has 2 saturated heterocycles. The van der Waals surface area contributed by atoms with Gasteiger partial charge in [0.15, 0.2) is 6.04 Å². The van der Waals surface area contributed by atoms with Gasteiger partial charge in [0.05, 0.1) is 24.7 Å². The minimum absolute atomic E-state index is 0.00476. The fourth-order valence-electron chi connectivity index (χ4n) is 5.54. The number of rotatable bonds is 13. The van der Waals surface area contributed by atoms with E-state index in [1.807, 2.05) is 33.0 Å². The van der Waals surface area contributed by atoms with E-state index in [2.05, 4.69) is 17.9 Å². The second-order valence-electron chi connectivity index (χ2n) is 10.8. The van der Waals surface area contributed by atoms with Crippen molar-refractivity contribution in [2.24, 2.45) is 5.73 Å². The predicted octanol–water partition coefficient (Wildman–Crippen LogP) is -1.25. The summed E-state index contributed by atoms with van der Waals surface area (Å²) in [7, 11) is 0. The molecule has 2 rings (SSSR count). The number of carbonyl (C=O) groups is 4. The van der Waals surface area contributed by atoms with E-state index in [4.69, 9.17) is 5.73 Å². The third-order valence-corrected chi connectivity index (χ3v) is 7.42. The summed E-state index contributed by atoms with van der Waals surface area (Å²) in [4.78, 5) is 53.4. The van der Waals surface area contributed by atoms with E-state index < -0.39 is 23.9 Å². The lowest BCUT2D eigenvalue weighted by Crippen LogP contribution is -3.21. The third kappa shape index (κ3) is 7.64. The maximum Gasteiger partial charge on any atom is 0.371 e. The monoisotopic (exact) mass is 502 g/mol. The average molecular weight is 502 g/mol. The number of nitrogens with one attached hydrogen (secondary N) is 2. The van der Waals surface area contributed by atoms with Gasteiger partial charge in [0.25, 0.3) is 12.6 Å².